The van der Waals surface area contributed by atoms with E-state index in [1.54, 1.807) is 25.1 Å². The van der Waals surface area contributed by atoms with Gasteiger partial charge in [0.25, 0.3) is 5.69 Å². The van der Waals surface area contributed by atoms with Crippen LogP contribution in [0.2, 0.25) is 0 Å². The molecule has 0 aliphatic carbocycles. The summed E-state index contributed by atoms with van der Waals surface area (Å²) in [5.41, 5.74) is 0.683. The lowest BCUT2D eigenvalue weighted by Gasteiger charge is -2.04. The molecule has 1 unspecified atom stereocenters. The van der Waals surface area contributed by atoms with Gasteiger partial charge in [0.05, 0.1) is 4.92 Å². The standard InChI is InChI=1S/C10H9NO2/c1-3-8(2)9-6-4-5-7-10(9)11(12)13/h1,4-8H,2H3. The van der Waals surface area contributed by atoms with Crippen LogP contribution in [0.4, 0.5) is 5.69 Å². The maximum Gasteiger partial charge on any atom is 0.273 e. The minimum absolute atomic E-state index is 0.0907. The number of nitro benzene ring substituents is 1. The van der Waals surface area contributed by atoms with Crippen LogP contribution in [0.1, 0.15) is 18.4 Å². The Balaban J connectivity index is 3.21. The summed E-state index contributed by atoms with van der Waals surface area (Å²) < 4.78 is 0. The highest BCUT2D eigenvalue weighted by Gasteiger charge is 2.15. The second kappa shape index (κ2) is 3.72. The number of nitrogens with zero attached hydrogens (tertiary/aromatic N) is 1. The summed E-state index contributed by atoms with van der Waals surface area (Å²) in [6.07, 6.45) is 5.20. The van der Waals surface area contributed by atoms with Crippen molar-refractivity contribution in [3.8, 4) is 12.3 Å². The molecule has 0 aliphatic heterocycles. The summed E-state index contributed by atoms with van der Waals surface area (Å²) in [5, 5.41) is 10.6. The minimum atomic E-state index is -0.414. The van der Waals surface area contributed by atoms with Gasteiger partial charge in [-0.1, -0.05) is 24.1 Å². The summed E-state index contributed by atoms with van der Waals surface area (Å²) in [7, 11) is 0. The molecular weight excluding hydrogens is 166 g/mol. The van der Waals surface area contributed by atoms with Gasteiger partial charge in [-0.25, -0.2) is 0 Å². The molecule has 0 aromatic heterocycles. The van der Waals surface area contributed by atoms with Crippen molar-refractivity contribution in [1.82, 2.24) is 0 Å². The van der Waals surface area contributed by atoms with E-state index in [0.717, 1.165) is 0 Å². The van der Waals surface area contributed by atoms with Crippen LogP contribution >= 0.6 is 0 Å². The number of terminal acetylenes is 1. The summed E-state index contributed by atoms with van der Waals surface area (Å²) in [6, 6.07) is 6.52. The molecule has 0 heterocycles. The number of benzene rings is 1. The maximum absolute atomic E-state index is 10.6. The van der Waals surface area contributed by atoms with Crippen LogP contribution in [0, 0.1) is 22.5 Å². The first-order valence-electron chi connectivity index (χ1n) is 3.86. The third-order valence-electron chi connectivity index (χ3n) is 1.85. The van der Waals surface area contributed by atoms with E-state index >= 15 is 0 Å². The van der Waals surface area contributed by atoms with Crippen LogP contribution in [0.25, 0.3) is 0 Å². The first-order chi connectivity index (χ1) is 6.16. The lowest BCUT2D eigenvalue weighted by molar-refractivity contribution is -0.385. The molecule has 0 saturated carbocycles. The van der Waals surface area contributed by atoms with Crippen molar-refractivity contribution in [2.24, 2.45) is 0 Å². The van der Waals surface area contributed by atoms with Crippen LogP contribution in [0.15, 0.2) is 24.3 Å². The summed E-state index contributed by atoms with van der Waals surface area (Å²) >= 11 is 0. The van der Waals surface area contributed by atoms with E-state index < -0.39 is 4.92 Å². The maximum atomic E-state index is 10.6. The predicted octanol–water partition coefficient (Wildman–Crippen LogP) is 2.33. The van der Waals surface area contributed by atoms with Crippen LogP contribution in [0.5, 0.6) is 0 Å². The van der Waals surface area contributed by atoms with Crippen molar-refractivity contribution in [3.63, 3.8) is 0 Å². The zero-order valence-corrected chi connectivity index (χ0v) is 7.23. The number of hydrogen-bond donors (Lipinski definition) is 0. The van der Waals surface area contributed by atoms with Gasteiger partial charge in [0.1, 0.15) is 0 Å². The van der Waals surface area contributed by atoms with Gasteiger partial charge in [-0.2, -0.15) is 0 Å². The van der Waals surface area contributed by atoms with Gasteiger partial charge in [-0.05, 0) is 6.92 Å². The first-order valence-corrected chi connectivity index (χ1v) is 3.86. The molecule has 1 aromatic rings. The van der Waals surface area contributed by atoms with Crippen LogP contribution in [0.3, 0.4) is 0 Å². The summed E-state index contributed by atoms with van der Waals surface area (Å²) in [6.45, 7) is 1.77. The first kappa shape index (κ1) is 9.27. The highest BCUT2D eigenvalue weighted by molar-refractivity contribution is 5.44. The fraction of sp³-hybridized carbons (Fsp3) is 0.200. The van der Waals surface area contributed by atoms with Crippen molar-refractivity contribution in [2.75, 3.05) is 0 Å². The van der Waals surface area contributed by atoms with E-state index in [9.17, 15) is 10.1 Å². The van der Waals surface area contributed by atoms with Crippen molar-refractivity contribution in [3.05, 3.63) is 39.9 Å². The Kier molecular flexibility index (Phi) is 2.65. The molecule has 0 radical (unpaired) electrons. The second-order valence-corrected chi connectivity index (χ2v) is 2.70. The lowest BCUT2D eigenvalue weighted by Crippen LogP contribution is -1.97. The molecule has 3 nitrogen and oxygen atoms in total. The van der Waals surface area contributed by atoms with Crippen molar-refractivity contribution >= 4 is 5.69 Å². The molecule has 0 aliphatic rings. The molecule has 66 valence electrons. The third kappa shape index (κ3) is 1.85. The van der Waals surface area contributed by atoms with E-state index in [2.05, 4.69) is 5.92 Å². The van der Waals surface area contributed by atoms with Gasteiger partial charge in [0.2, 0.25) is 0 Å². The number of para-hydroxylation sites is 1. The van der Waals surface area contributed by atoms with Gasteiger partial charge in [-0.15, -0.1) is 6.42 Å². The molecule has 1 atom stereocenters. The van der Waals surface area contributed by atoms with Gasteiger partial charge in [-0.3, -0.25) is 10.1 Å². The molecule has 0 amide bonds. The van der Waals surface area contributed by atoms with Crippen LogP contribution in [-0.2, 0) is 0 Å². The second-order valence-electron chi connectivity index (χ2n) is 2.70. The highest BCUT2D eigenvalue weighted by Crippen LogP contribution is 2.24. The zero-order chi connectivity index (χ0) is 9.84. The molecule has 13 heavy (non-hydrogen) atoms. The zero-order valence-electron chi connectivity index (χ0n) is 7.23. The van der Waals surface area contributed by atoms with Crippen molar-refractivity contribution < 1.29 is 4.92 Å². The molecular formula is C10H9NO2. The Morgan fingerprint density at radius 2 is 2.15 bits per heavy atom. The fourth-order valence-corrected chi connectivity index (χ4v) is 1.11. The number of hydrogen-bond acceptors (Lipinski definition) is 2. The molecule has 0 fully saturated rings. The molecule has 1 aromatic carbocycles. The van der Waals surface area contributed by atoms with Crippen molar-refractivity contribution in [2.45, 2.75) is 12.8 Å². The Bertz CT molecular complexity index is 365. The number of nitro groups is 1. The van der Waals surface area contributed by atoms with Gasteiger partial charge >= 0.3 is 0 Å². The third-order valence-corrected chi connectivity index (χ3v) is 1.85. The van der Waals surface area contributed by atoms with Crippen molar-refractivity contribution in [1.29, 1.82) is 0 Å². The quantitative estimate of drug-likeness (QED) is 0.393. The molecule has 0 saturated heterocycles. The Morgan fingerprint density at radius 1 is 1.54 bits per heavy atom. The average molecular weight is 175 g/mol. The van der Waals surface area contributed by atoms with E-state index in [0.29, 0.717) is 5.56 Å². The summed E-state index contributed by atoms with van der Waals surface area (Å²) in [5.74, 6) is 2.25. The minimum Gasteiger partial charge on any atom is -0.258 e. The predicted molar refractivity (Wildman–Crippen MR) is 50.3 cm³/mol. The Morgan fingerprint density at radius 3 is 2.69 bits per heavy atom. The topological polar surface area (TPSA) is 43.1 Å². The SMILES string of the molecule is C#CC(C)c1ccccc1[N+](=O)[O-]. The monoisotopic (exact) mass is 175 g/mol. The molecule has 1 rings (SSSR count). The fourth-order valence-electron chi connectivity index (χ4n) is 1.11. The Hall–Kier alpha value is -1.82. The summed E-state index contributed by atoms with van der Waals surface area (Å²) in [4.78, 5) is 10.2. The molecule has 0 bridgehead atoms. The Labute approximate surface area is 76.5 Å². The van der Waals surface area contributed by atoms with Crippen LogP contribution < -0.4 is 0 Å². The normalized spacial score (nSPS) is 11.7. The largest absolute Gasteiger partial charge is 0.273 e. The number of rotatable bonds is 2. The molecule has 0 N–H and O–H groups in total. The smallest absolute Gasteiger partial charge is 0.258 e. The van der Waals surface area contributed by atoms with Crippen LogP contribution in [-0.4, -0.2) is 4.92 Å². The van der Waals surface area contributed by atoms with E-state index in [1.807, 2.05) is 0 Å². The van der Waals surface area contributed by atoms with E-state index in [4.69, 9.17) is 6.42 Å². The highest BCUT2D eigenvalue weighted by atomic mass is 16.6. The van der Waals surface area contributed by atoms with Gasteiger partial charge in [0, 0.05) is 17.5 Å². The van der Waals surface area contributed by atoms with Gasteiger partial charge < -0.3 is 0 Å². The van der Waals surface area contributed by atoms with Gasteiger partial charge in [0.15, 0.2) is 0 Å². The molecule has 0 spiro atoms. The molecule has 3 heteroatoms. The van der Waals surface area contributed by atoms with E-state index in [-0.39, 0.29) is 11.6 Å². The van der Waals surface area contributed by atoms with E-state index in [1.165, 1.54) is 6.07 Å². The average Bonchev–Trinajstić information content (AvgIpc) is 2.16. The lowest BCUT2D eigenvalue weighted by atomic mass is 10.0.